The highest BCUT2D eigenvalue weighted by molar-refractivity contribution is 7.13. The number of carbonyl (C=O) groups excluding carboxylic acids is 1. The number of hydrogen-bond acceptors (Lipinski definition) is 5. The number of carbonyl (C=O) groups is 1. The van der Waals surface area contributed by atoms with Gasteiger partial charge in [-0.05, 0) is 18.2 Å². The van der Waals surface area contributed by atoms with Gasteiger partial charge in [-0.2, -0.15) is 0 Å². The Balaban J connectivity index is 2.11. The summed E-state index contributed by atoms with van der Waals surface area (Å²) in [4.78, 5) is 15.4. The molecule has 0 saturated carbocycles. The van der Waals surface area contributed by atoms with Crippen LogP contribution in [-0.2, 0) is 16.0 Å². The van der Waals surface area contributed by atoms with Crippen LogP contribution in [0.2, 0.25) is 10.0 Å². The molecule has 0 aliphatic rings. The van der Waals surface area contributed by atoms with Crippen molar-refractivity contribution < 1.29 is 9.53 Å². The van der Waals surface area contributed by atoms with E-state index < -0.39 is 0 Å². The van der Waals surface area contributed by atoms with E-state index >= 15 is 0 Å². The molecular weight excluding hydrogens is 307 g/mol. The Labute approximate surface area is 124 Å². The van der Waals surface area contributed by atoms with Crippen molar-refractivity contribution in [3.63, 3.8) is 0 Å². The molecule has 0 fully saturated rings. The molecule has 0 bridgehead atoms. The topological polar surface area (TPSA) is 51.2 Å². The van der Waals surface area contributed by atoms with Gasteiger partial charge in [-0.3, -0.25) is 4.79 Å². The molecule has 19 heavy (non-hydrogen) atoms. The summed E-state index contributed by atoms with van der Waals surface area (Å²) in [5.41, 5.74) is 1.32. The summed E-state index contributed by atoms with van der Waals surface area (Å²) < 4.78 is 4.58. The number of nitrogens with zero attached hydrogens (tertiary/aromatic N) is 1. The van der Waals surface area contributed by atoms with Gasteiger partial charge >= 0.3 is 5.97 Å². The van der Waals surface area contributed by atoms with E-state index in [1.807, 2.05) is 0 Å². The molecule has 1 aromatic heterocycles. The average molecular weight is 317 g/mol. The fourth-order valence-corrected chi connectivity index (χ4v) is 2.43. The quantitative estimate of drug-likeness (QED) is 0.869. The molecule has 0 spiro atoms. The summed E-state index contributed by atoms with van der Waals surface area (Å²) in [6.07, 6.45) is 0.151. The molecule has 0 atom stereocenters. The van der Waals surface area contributed by atoms with E-state index in [0.29, 0.717) is 26.6 Å². The van der Waals surface area contributed by atoms with Crippen LogP contribution in [0.1, 0.15) is 5.69 Å². The number of anilines is 2. The second-order valence-corrected chi connectivity index (χ2v) is 5.35. The van der Waals surface area contributed by atoms with E-state index in [9.17, 15) is 4.79 Å². The lowest BCUT2D eigenvalue weighted by Gasteiger charge is -2.05. The number of halogens is 2. The summed E-state index contributed by atoms with van der Waals surface area (Å²) in [6.45, 7) is 0. The van der Waals surface area contributed by atoms with E-state index in [4.69, 9.17) is 23.2 Å². The molecule has 2 rings (SSSR count). The highest BCUT2D eigenvalue weighted by Gasteiger charge is 2.09. The minimum Gasteiger partial charge on any atom is -0.469 e. The number of thiazole rings is 1. The Kier molecular flexibility index (Phi) is 4.63. The third-order valence-corrected chi connectivity index (χ3v) is 3.65. The molecule has 0 radical (unpaired) electrons. The third-order valence-electron chi connectivity index (χ3n) is 2.27. The second-order valence-electron chi connectivity index (χ2n) is 3.65. The molecule has 0 aliphatic carbocycles. The monoisotopic (exact) mass is 316 g/mol. The molecule has 0 aliphatic heterocycles. The molecular formula is C12H10Cl2N2O2S. The van der Waals surface area contributed by atoms with Crippen molar-refractivity contribution in [3.8, 4) is 0 Å². The van der Waals surface area contributed by atoms with Crippen LogP contribution in [0.4, 0.5) is 10.8 Å². The number of rotatable bonds is 4. The van der Waals surface area contributed by atoms with E-state index in [1.54, 1.807) is 23.6 Å². The van der Waals surface area contributed by atoms with Crippen molar-refractivity contribution in [2.45, 2.75) is 6.42 Å². The van der Waals surface area contributed by atoms with Gasteiger partial charge in [-0.15, -0.1) is 11.3 Å². The van der Waals surface area contributed by atoms with Crippen LogP contribution in [-0.4, -0.2) is 18.1 Å². The molecule has 0 amide bonds. The first-order valence-electron chi connectivity index (χ1n) is 5.32. The van der Waals surface area contributed by atoms with Crippen LogP contribution >= 0.6 is 34.5 Å². The maximum Gasteiger partial charge on any atom is 0.311 e. The lowest BCUT2D eigenvalue weighted by Crippen LogP contribution is -2.04. The summed E-state index contributed by atoms with van der Waals surface area (Å²) in [5.74, 6) is -0.322. The van der Waals surface area contributed by atoms with Gasteiger partial charge in [0.25, 0.3) is 0 Å². The first-order valence-corrected chi connectivity index (χ1v) is 6.95. The Morgan fingerprint density at radius 2 is 2.26 bits per heavy atom. The largest absolute Gasteiger partial charge is 0.469 e. The predicted octanol–water partition coefficient (Wildman–Crippen LogP) is 3.91. The van der Waals surface area contributed by atoms with Crippen molar-refractivity contribution in [3.05, 3.63) is 39.3 Å². The summed E-state index contributed by atoms with van der Waals surface area (Å²) >= 11 is 13.3. The number of esters is 1. The van der Waals surface area contributed by atoms with E-state index in [2.05, 4.69) is 15.0 Å². The Morgan fingerprint density at radius 1 is 1.47 bits per heavy atom. The Morgan fingerprint density at radius 3 is 3.00 bits per heavy atom. The zero-order valence-corrected chi connectivity index (χ0v) is 12.3. The number of aromatic nitrogens is 1. The van der Waals surface area contributed by atoms with Crippen molar-refractivity contribution in [1.29, 1.82) is 0 Å². The van der Waals surface area contributed by atoms with Crippen LogP contribution < -0.4 is 5.32 Å². The van der Waals surface area contributed by atoms with Crippen molar-refractivity contribution >= 4 is 51.3 Å². The van der Waals surface area contributed by atoms with E-state index in [1.165, 1.54) is 18.4 Å². The molecule has 100 valence electrons. The Bertz CT molecular complexity index is 601. The van der Waals surface area contributed by atoms with Crippen LogP contribution in [0, 0.1) is 0 Å². The van der Waals surface area contributed by atoms with Gasteiger partial charge in [0, 0.05) is 10.4 Å². The molecule has 1 N–H and O–H groups in total. The minimum absolute atomic E-state index is 0.151. The van der Waals surface area contributed by atoms with Gasteiger partial charge < -0.3 is 10.1 Å². The SMILES string of the molecule is COC(=O)Cc1csc(Nc2cc(Cl)ccc2Cl)n1. The smallest absolute Gasteiger partial charge is 0.311 e. The molecule has 0 unspecified atom stereocenters. The third kappa shape index (κ3) is 3.83. The second kappa shape index (κ2) is 6.23. The number of hydrogen-bond donors (Lipinski definition) is 1. The first kappa shape index (κ1) is 14.1. The molecule has 7 heteroatoms. The summed E-state index contributed by atoms with van der Waals surface area (Å²) in [6, 6.07) is 5.13. The maximum absolute atomic E-state index is 11.1. The van der Waals surface area contributed by atoms with Crippen LogP contribution in [0.3, 0.4) is 0 Å². The molecule has 4 nitrogen and oxygen atoms in total. The normalized spacial score (nSPS) is 10.3. The molecule has 1 aromatic carbocycles. The number of ether oxygens (including phenoxy) is 1. The van der Waals surface area contributed by atoms with Crippen molar-refractivity contribution in [2.75, 3.05) is 12.4 Å². The number of benzene rings is 1. The van der Waals surface area contributed by atoms with Gasteiger partial charge in [-0.25, -0.2) is 4.98 Å². The van der Waals surface area contributed by atoms with E-state index in [0.717, 1.165) is 0 Å². The fraction of sp³-hybridized carbons (Fsp3) is 0.167. The first-order chi connectivity index (χ1) is 9.08. The van der Waals surface area contributed by atoms with Crippen LogP contribution in [0.15, 0.2) is 23.6 Å². The Hall–Kier alpha value is -1.30. The van der Waals surface area contributed by atoms with Crippen molar-refractivity contribution in [2.24, 2.45) is 0 Å². The number of methoxy groups -OCH3 is 1. The van der Waals surface area contributed by atoms with Crippen molar-refractivity contribution in [1.82, 2.24) is 4.98 Å². The average Bonchev–Trinajstić information content (AvgIpc) is 2.81. The molecule has 0 saturated heterocycles. The molecule has 1 heterocycles. The lowest BCUT2D eigenvalue weighted by atomic mass is 10.3. The predicted molar refractivity (Wildman–Crippen MR) is 77.6 cm³/mol. The van der Waals surface area contributed by atoms with E-state index in [-0.39, 0.29) is 12.4 Å². The zero-order chi connectivity index (χ0) is 13.8. The highest BCUT2D eigenvalue weighted by Crippen LogP contribution is 2.29. The zero-order valence-electron chi connectivity index (χ0n) is 9.94. The maximum atomic E-state index is 11.1. The van der Waals surface area contributed by atoms with Gasteiger partial charge in [-0.1, -0.05) is 23.2 Å². The van der Waals surface area contributed by atoms with Crippen LogP contribution in [0.25, 0.3) is 0 Å². The summed E-state index contributed by atoms with van der Waals surface area (Å²) in [7, 11) is 1.35. The lowest BCUT2D eigenvalue weighted by molar-refractivity contribution is -0.139. The van der Waals surface area contributed by atoms with Gasteiger partial charge in [0.1, 0.15) is 0 Å². The molecule has 2 aromatic rings. The van der Waals surface area contributed by atoms with Gasteiger partial charge in [0.2, 0.25) is 0 Å². The minimum atomic E-state index is -0.322. The fourth-order valence-electron chi connectivity index (χ4n) is 1.37. The van der Waals surface area contributed by atoms with Gasteiger partial charge in [0.05, 0.1) is 29.9 Å². The summed E-state index contributed by atoms with van der Waals surface area (Å²) in [5, 5.41) is 6.63. The standard InChI is InChI=1S/C12H10Cl2N2O2S/c1-18-11(17)5-8-6-19-12(15-8)16-10-4-7(13)2-3-9(10)14/h2-4,6H,5H2,1H3,(H,15,16). The highest BCUT2D eigenvalue weighted by atomic mass is 35.5. The van der Waals surface area contributed by atoms with Crippen LogP contribution in [0.5, 0.6) is 0 Å². The number of nitrogens with one attached hydrogen (secondary N) is 1. The van der Waals surface area contributed by atoms with Gasteiger partial charge in [0.15, 0.2) is 5.13 Å².